The maximum Gasteiger partial charge on any atom is 0.278 e. The quantitative estimate of drug-likeness (QED) is 0.728. The molecule has 0 bridgehead atoms. The largest absolute Gasteiger partial charge is 0.330 e. The normalized spacial score (nSPS) is 14.0. The van der Waals surface area contributed by atoms with Crippen LogP contribution in [0.4, 0.5) is 5.69 Å². The molecule has 0 unspecified atom stereocenters. The first-order valence-corrected chi connectivity index (χ1v) is 9.97. The maximum atomic E-state index is 13.1. The lowest BCUT2D eigenvalue weighted by atomic mass is 10.2. The van der Waals surface area contributed by atoms with Gasteiger partial charge in [0.05, 0.1) is 16.2 Å². The minimum Gasteiger partial charge on any atom is -0.330 e. The molecule has 2 aromatic heterocycles. The highest BCUT2D eigenvalue weighted by atomic mass is 35.5. The first kappa shape index (κ1) is 18.7. The summed E-state index contributed by atoms with van der Waals surface area (Å²) in [6.45, 7) is 4.56. The zero-order chi connectivity index (χ0) is 19.8. The Morgan fingerprint density at radius 2 is 2.04 bits per heavy atom. The summed E-state index contributed by atoms with van der Waals surface area (Å²) >= 11 is 6.22. The Hall–Kier alpha value is -2.60. The van der Waals surface area contributed by atoms with Crippen molar-refractivity contribution < 1.29 is 4.79 Å². The molecule has 0 saturated heterocycles. The molecule has 1 N–H and O–H groups in total. The molecule has 0 atom stereocenters. The fourth-order valence-corrected chi connectivity index (χ4v) is 4.11. The van der Waals surface area contributed by atoms with Crippen LogP contribution in [0.3, 0.4) is 0 Å². The number of fused-ring (bicyclic) bond motifs is 2. The third-order valence-electron chi connectivity index (χ3n) is 5.28. The van der Waals surface area contributed by atoms with Gasteiger partial charge in [0.15, 0.2) is 0 Å². The number of hydrogen-bond donors (Lipinski definition) is 1. The van der Waals surface area contributed by atoms with E-state index in [4.69, 9.17) is 16.6 Å². The number of carbonyl (C=O) groups excluding carboxylic acids is 1. The van der Waals surface area contributed by atoms with Crippen LogP contribution in [0.25, 0.3) is 11.0 Å². The highest BCUT2D eigenvalue weighted by Gasteiger charge is 2.19. The Labute approximate surface area is 168 Å². The Kier molecular flexibility index (Phi) is 4.98. The van der Waals surface area contributed by atoms with Gasteiger partial charge in [-0.1, -0.05) is 24.1 Å². The van der Waals surface area contributed by atoms with Gasteiger partial charge < -0.3 is 9.88 Å². The molecule has 1 aromatic carbocycles. The van der Waals surface area contributed by atoms with Crippen LogP contribution in [0.2, 0.25) is 5.02 Å². The number of aryl methyl sites for hydroxylation is 3. The van der Waals surface area contributed by atoms with E-state index in [9.17, 15) is 9.59 Å². The zero-order valence-corrected chi connectivity index (χ0v) is 16.8. The molecule has 1 amide bonds. The lowest BCUT2D eigenvalue weighted by Crippen LogP contribution is -2.28. The molecule has 0 spiro atoms. The van der Waals surface area contributed by atoms with Crippen molar-refractivity contribution in [3.05, 3.63) is 56.7 Å². The molecule has 0 radical (unpaired) electrons. The number of amides is 1. The SMILES string of the molecule is Cc1ccc(NC(=O)Cn2c(C)cc3nc4n(c(=O)c32)CCCCC4)c(Cl)c1. The summed E-state index contributed by atoms with van der Waals surface area (Å²) in [6.07, 6.45) is 3.96. The molecule has 0 fully saturated rings. The predicted octanol–water partition coefficient (Wildman–Crippen LogP) is 3.83. The molecule has 1 aliphatic rings. The monoisotopic (exact) mass is 398 g/mol. The van der Waals surface area contributed by atoms with E-state index in [0.29, 0.717) is 28.3 Å². The Morgan fingerprint density at radius 1 is 1.21 bits per heavy atom. The second-order valence-corrected chi connectivity index (χ2v) is 7.84. The van der Waals surface area contributed by atoms with E-state index >= 15 is 0 Å². The topological polar surface area (TPSA) is 68.9 Å². The Morgan fingerprint density at radius 3 is 2.82 bits per heavy atom. The zero-order valence-electron chi connectivity index (χ0n) is 16.1. The van der Waals surface area contributed by atoms with Crippen molar-refractivity contribution in [1.82, 2.24) is 14.1 Å². The van der Waals surface area contributed by atoms with Crippen LogP contribution in [0.1, 0.15) is 36.3 Å². The van der Waals surface area contributed by atoms with Gasteiger partial charge in [-0.05, 0) is 50.5 Å². The van der Waals surface area contributed by atoms with Crippen molar-refractivity contribution in [2.45, 2.75) is 52.6 Å². The van der Waals surface area contributed by atoms with Crippen molar-refractivity contribution in [3.63, 3.8) is 0 Å². The summed E-state index contributed by atoms with van der Waals surface area (Å²) in [6, 6.07) is 7.36. The van der Waals surface area contributed by atoms with Gasteiger partial charge >= 0.3 is 0 Å². The first-order chi connectivity index (χ1) is 13.4. The van der Waals surface area contributed by atoms with Crippen molar-refractivity contribution in [2.24, 2.45) is 0 Å². The average Bonchev–Trinajstić information content (AvgIpc) is 2.81. The van der Waals surface area contributed by atoms with Gasteiger partial charge in [0, 0.05) is 18.7 Å². The predicted molar refractivity (Wildman–Crippen MR) is 111 cm³/mol. The summed E-state index contributed by atoms with van der Waals surface area (Å²) in [4.78, 5) is 30.5. The van der Waals surface area contributed by atoms with Crippen molar-refractivity contribution in [2.75, 3.05) is 5.32 Å². The Bertz CT molecular complexity index is 1130. The van der Waals surface area contributed by atoms with Gasteiger partial charge in [-0.3, -0.25) is 14.2 Å². The fraction of sp³-hybridized carbons (Fsp3) is 0.381. The molecular weight excluding hydrogens is 376 g/mol. The van der Waals surface area contributed by atoms with E-state index in [1.165, 1.54) is 0 Å². The average molecular weight is 399 g/mol. The van der Waals surface area contributed by atoms with Crippen LogP contribution in [0, 0.1) is 13.8 Å². The molecular formula is C21H23ClN4O2. The van der Waals surface area contributed by atoms with E-state index in [1.54, 1.807) is 21.3 Å². The van der Waals surface area contributed by atoms with E-state index in [0.717, 1.165) is 42.8 Å². The molecule has 146 valence electrons. The highest BCUT2D eigenvalue weighted by Crippen LogP contribution is 2.23. The standard InChI is InChI=1S/C21H23ClN4O2/c1-13-7-8-16(15(22)10-13)24-19(27)12-26-14(2)11-17-20(26)21(28)25-9-5-3-4-6-18(25)23-17/h7-8,10-11H,3-6,9,12H2,1-2H3,(H,24,27). The van der Waals surface area contributed by atoms with Crippen LogP contribution in [-0.4, -0.2) is 20.0 Å². The smallest absolute Gasteiger partial charge is 0.278 e. The van der Waals surface area contributed by atoms with Crippen LogP contribution >= 0.6 is 11.6 Å². The van der Waals surface area contributed by atoms with Gasteiger partial charge in [-0.15, -0.1) is 0 Å². The van der Waals surface area contributed by atoms with E-state index < -0.39 is 0 Å². The molecule has 6 nitrogen and oxygen atoms in total. The number of anilines is 1. The molecule has 1 aliphatic heterocycles. The highest BCUT2D eigenvalue weighted by molar-refractivity contribution is 6.33. The van der Waals surface area contributed by atoms with E-state index in [1.807, 2.05) is 26.0 Å². The molecule has 0 aliphatic carbocycles. The lowest BCUT2D eigenvalue weighted by Gasteiger charge is -2.12. The Balaban J connectivity index is 1.68. The third-order valence-corrected chi connectivity index (χ3v) is 5.59. The summed E-state index contributed by atoms with van der Waals surface area (Å²) in [5.74, 6) is 0.619. The molecule has 3 heterocycles. The number of hydrogen-bond acceptors (Lipinski definition) is 3. The second kappa shape index (κ2) is 7.43. The number of aromatic nitrogens is 3. The number of benzene rings is 1. The van der Waals surface area contributed by atoms with Gasteiger partial charge in [-0.25, -0.2) is 4.98 Å². The molecule has 28 heavy (non-hydrogen) atoms. The summed E-state index contributed by atoms with van der Waals surface area (Å²) in [5, 5.41) is 3.33. The number of nitrogens with one attached hydrogen (secondary N) is 1. The summed E-state index contributed by atoms with van der Waals surface area (Å²) < 4.78 is 3.53. The second-order valence-electron chi connectivity index (χ2n) is 7.43. The summed E-state index contributed by atoms with van der Waals surface area (Å²) in [7, 11) is 0. The molecule has 3 aromatic rings. The van der Waals surface area contributed by atoms with Gasteiger partial charge in [0.25, 0.3) is 5.56 Å². The van der Waals surface area contributed by atoms with Crippen LogP contribution in [-0.2, 0) is 24.3 Å². The van der Waals surface area contributed by atoms with E-state index in [-0.39, 0.29) is 18.0 Å². The van der Waals surface area contributed by atoms with Crippen molar-refractivity contribution in [3.8, 4) is 0 Å². The number of halogens is 1. The maximum absolute atomic E-state index is 13.1. The molecule has 4 rings (SSSR count). The number of rotatable bonds is 3. The lowest BCUT2D eigenvalue weighted by molar-refractivity contribution is -0.116. The first-order valence-electron chi connectivity index (χ1n) is 9.59. The van der Waals surface area contributed by atoms with Gasteiger partial charge in [0.1, 0.15) is 17.9 Å². The van der Waals surface area contributed by atoms with Crippen molar-refractivity contribution >= 4 is 34.2 Å². The minimum atomic E-state index is -0.231. The van der Waals surface area contributed by atoms with Crippen molar-refractivity contribution in [1.29, 1.82) is 0 Å². The van der Waals surface area contributed by atoms with Gasteiger partial charge in [-0.2, -0.15) is 0 Å². The third kappa shape index (κ3) is 3.44. The van der Waals surface area contributed by atoms with E-state index in [2.05, 4.69) is 5.32 Å². The number of carbonyl (C=O) groups is 1. The summed E-state index contributed by atoms with van der Waals surface area (Å²) in [5.41, 5.74) is 3.52. The number of nitrogens with zero attached hydrogens (tertiary/aromatic N) is 3. The fourth-order valence-electron chi connectivity index (χ4n) is 3.82. The van der Waals surface area contributed by atoms with Crippen LogP contribution in [0.15, 0.2) is 29.1 Å². The molecule has 7 heteroatoms. The minimum absolute atomic E-state index is 0.0375. The van der Waals surface area contributed by atoms with Crippen LogP contribution < -0.4 is 10.9 Å². The molecule has 0 saturated carbocycles. The van der Waals surface area contributed by atoms with Gasteiger partial charge in [0.2, 0.25) is 5.91 Å². The van der Waals surface area contributed by atoms with Crippen LogP contribution in [0.5, 0.6) is 0 Å².